The molecule has 0 aromatic carbocycles. The Balaban J connectivity index is 0.000000884. The Labute approximate surface area is 189 Å². The van der Waals surface area contributed by atoms with Crippen molar-refractivity contribution in [3.8, 4) is 11.3 Å². The molecule has 9 heteroatoms. The molecule has 3 heterocycles. The summed E-state index contributed by atoms with van der Waals surface area (Å²) in [6, 6.07) is 0. The summed E-state index contributed by atoms with van der Waals surface area (Å²) >= 11 is 1.41. The van der Waals surface area contributed by atoms with Gasteiger partial charge >= 0.3 is 0 Å². The fraction of sp³-hybridized carbons (Fsp3) is 0.455. The lowest BCUT2D eigenvalue weighted by atomic mass is 10.2. The fourth-order valence-corrected chi connectivity index (χ4v) is 3.54. The number of hydrogen-bond donors (Lipinski definition) is 1. The van der Waals surface area contributed by atoms with E-state index in [1.54, 1.807) is 25.0 Å². The van der Waals surface area contributed by atoms with Gasteiger partial charge in [-0.1, -0.05) is 20.4 Å². The first-order valence-corrected chi connectivity index (χ1v) is 11.1. The molecule has 0 unspecified atom stereocenters. The van der Waals surface area contributed by atoms with Crippen molar-refractivity contribution in [1.82, 2.24) is 23.7 Å². The highest BCUT2D eigenvalue weighted by molar-refractivity contribution is 7.10. The average Bonchev–Trinajstić information content (AvgIpc) is 3.48. The number of rotatable bonds is 6. The molecule has 3 aromatic heterocycles. The first-order chi connectivity index (χ1) is 15.0. The number of hydrogen-bond acceptors (Lipinski definition) is 6. The zero-order chi connectivity index (χ0) is 23.4. The largest absolute Gasteiger partial charge is 0.388 e. The van der Waals surface area contributed by atoms with E-state index in [0.29, 0.717) is 6.54 Å². The zero-order valence-corrected chi connectivity index (χ0v) is 20.7. The van der Waals surface area contributed by atoms with Crippen LogP contribution in [0.3, 0.4) is 0 Å². The van der Waals surface area contributed by atoms with Gasteiger partial charge in [-0.2, -0.15) is 9.47 Å². The number of nitrogens with zero attached hydrogens (tertiary/aromatic N) is 6. The summed E-state index contributed by atoms with van der Waals surface area (Å²) in [5.41, 5.74) is 4.01. The SMILES string of the molecule is C=Cc1nsc(NC(=NCC)c2ncc(-c3cnn(C)c3)n2CC)c1C.CC.COC. The van der Waals surface area contributed by atoms with E-state index in [9.17, 15) is 0 Å². The average molecular weight is 446 g/mol. The molecule has 0 bridgehead atoms. The summed E-state index contributed by atoms with van der Waals surface area (Å²) in [5, 5.41) is 8.64. The van der Waals surface area contributed by atoms with Gasteiger partial charge in [0.2, 0.25) is 0 Å². The summed E-state index contributed by atoms with van der Waals surface area (Å²) in [6.07, 6.45) is 7.47. The van der Waals surface area contributed by atoms with Gasteiger partial charge in [-0.25, -0.2) is 4.98 Å². The summed E-state index contributed by atoms with van der Waals surface area (Å²) in [4.78, 5) is 9.28. The molecule has 0 fully saturated rings. The van der Waals surface area contributed by atoms with Crippen molar-refractivity contribution in [3.63, 3.8) is 0 Å². The van der Waals surface area contributed by atoms with E-state index in [1.807, 2.05) is 53.3 Å². The van der Waals surface area contributed by atoms with Crippen LogP contribution >= 0.6 is 11.5 Å². The van der Waals surface area contributed by atoms with Crippen molar-refractivity contribution in [3.05, 3.63) is 42.3 Å². The van der Waals surface area contributed by atoms with Crippen LogP contribution in [0.5, 0.6) is 0 Å². The molecule has 8 nitrogen and oxygen atoms in total. The maximum atomic E-state index is 4.64. The summed E-state index contributed by atoms with van der Waals surface area (Å²) in [6.45, 7) is 15.4. The van der Waals surface area contributed by atoms with Gasteiger partial charge in [-0.15, -0.1) is 0 Å². The first kappa shape index (κ1) is 26.3. The Morgan fingerprint density at radius 1 is 1.29 bits per heavy atom. The molecule has 0 aliphatic heterocycles. The van der Waals surface area contributed by atoms with Crippen LogP contribution in [0.1, 0.15) is 44.8 Å². The standard InChI is InChI=1S/C18H23N7S.C2H6O.C2H6/c1-6-14-12(4)18(26-23-14)22-16(19-7-2)17-20-10-15(25(17)8-3)13-9-21-24(5)11-13;1-3-2;1-2/h6,9-11H,1,7-8H2,2-5H3,(H,19,22);1-2H3;1-2H3. The number of aliphatic imine (C=N–C) groups is 1. The number of aryl methyl sites for hydroxylation is 1. The Kier molecular flexibility index (Phi) is 11.4. The van der Waals surface area contributed by atoms with Crippen LogP contribution in [0.2, 0.25) is 0 Å². The number of nitrogens with one attached hydrogen (secondary N) is 1. The maximum Gasteiger partial charge on any atom is 0.176 e. The number of anilines is 1. The molecule has 0 aliphatic carbocycles. The molecule has 0 saturated heterocycles. The number of ether oxygens (including phenoxy) is 1. The van der Waals surface area contributed by atoms with E-state index >= 15 is 0 Å². The fourth-order valence-electron chi connectivity index (χ4n) is 2.76. The van der Waals surface area contributed by atoms with Crippen LogP contribution in [0.15, 0.2) is 30.2 Å². The smallest absolute Gasteiger partial charge is 0.176 e. The maximum absolute atomic E-state index is 4.64. The Morgan fingerprint density at radius 2 is 1.97 bits per heavy atom. The second kappa shape index (κ2) is 13.5. The molecule has 0 aliphatic rings. The molecule has 0 spiro atoms. The van der Waals surface area contributed by atoms with Crippen LogP contribution in [-0.4, -0.2) is 50.3 Å². The number of aromatic nitrogens is 5. The van der Waals surface area contributed by atoms with Gasteiger partial charge < -0.3 is 14.6 Å². The molecule has 3 rings (SSSR count). The molecular weight excluding hydrogens is 410 g/mol. The van der Waals surface area contributed by atoms with Gasteiger partial charge in [0, 0.05) is 51.7 Å². The second-order valence-corrected chi connectivity index (χ2v) is 6.97. The lowest BCUT2D eigenvalue weighted by molar-refractivity contribution is 0.277. The highest BCUT2D eigenvalue weighted by atomic mass is 32.1. The van der Waals surface area contributed by atoms with Crippen LogP contribution in [-0.2, 0) is 18.3 Å². The Hall–Kier alpha value is -2.78. The summed E-state index contributed by atoms with van der Waals surface area (Å²) in [7, 11) is 5.16. The van der Waals surface area contributed by atoms with Crippen molar-refractivity contribution < 1.29 is 4.74 Å². The number of amidine groups is 1. The van der Waals surface area contributed by atoms with E-state index in [-0.39, 0.29) is 0 Å². The monoisotopic (exact) mass is 445 g/mol. The van der Waals surface area contributed by atoms with Crippen molar-refractivity contribution in [1.29, 1.82) is 0 Å². The summed E-state index contributed by atoms with van der Waals surface area (Å²) < 4.78 is 12.6. The van der Waals surface area contributed by atoms with Crippen LogP contribution in [0, 0.1) is 6.92 Å². The predicted molar refractivity (Wildman–Crippen MR) is 132 cm³/mol. The van der Waals surface area contributed by atoms with Gasteiger partial charge in [0.15, 0.2) is 11.7 Å². The van der Waals surface area contributed by atoms with Gasteiger partial charge in [-0.05, 0) is 38.4 Å². The molecule has 0 saturated carbocycles. The zero-order valence-electron chi connectivity index (χ0n) is 19.9. The van der Waals surface area contributed by atoms with Crippen molar-refractivity contribution >= 4 is 28.4 Å². The number of imidazole rings is 1. The van der Waals surface area contributed by atoms with Gasteiger partial charge in [-0.3, -0.25) is 9.67 Å². The molecule has 170 valence electrons. The molecule has 3 aromatic rings. The van der Waals surface area contributed by atoms with Crippen LogP contribution in [0.25, 0.3) is 17.3 Å². The third-order valence-electron chi connectivity index (χ3n) is 4.09. The molecule has 0 atom stereocenters. The third-order valence-corrected chi connectivity index (χ3v) is 4.96. The van der Waals surface area contributed by atoms with Crippen molar-refractivity contribution in [2.24, 2.45) is 12.0 Å². The van der Waals surface area contributed by atoms with Gasteiger partial charge in [0.05, 0.1) is 23.8 Å². The third kappa shape index (κ3) is 6.60. The lowest BCUT2D eigenvalue weighted by Gasteiger charge is -2.12. The lowest BCUT2D eigenvalue weighted by Crippen LogP contribution is -2.20. The highest BCUT2D eigenvalue weighted by Crippen LogP contribution is 2.26. The highest BCUT2D eigenvalue weighted by Gasteiger charge is 2.18. The second-order valence-electron chi connectivity index (χ2n) is 6.20. The molecule has 0 radical (unpaired) electrons. The van der Waals surface area contributed by atoms with Crippen molar-refractivity contribution in [2.75, 3.05) is 26.1 Å². The topological polar surface area (TPSA) is 82.2 Å². The summed E-state index contributed by atoms with van der Waals surface area (Å²) in [5.74, 6) is 1.55. The molecular formula is C22H35N7OS. The molecule has 31 heavy (non-hydrogen) atoms. The minimum absolute atomic E-state index is 0.660. The minimum atomic E-state index is 0.660. The van der Waals surface area contributed by atoms with Crippen LogP contribution < -0.4 is 5.32 Å². The Bertz CT molecular complexity index is 969. The first-order valence-electron chi connectivity index (χ1n) is 10.4. The Morgan fingerprint density at radius 3 is 2.45 bits per heavy atom. The van der Waals surface area contributed by atoms with Crippen LogP contribution in [0.4, 0.5) is 5.00 Å². The minimum Gasteiger partial charge on any atom is -0.388 e. The molecule has 0 amide bonds. The van der Waals surface area contributed by atoms with Gasteiger partial charge in [0.1, 0.15) is 5.00 Å². The van der Waals surface area contributed by atoms with E-state index in [1.165, 1.54) is 11.5 Å². The van der Waals surface area contributed by atoms with E-state index < -0.39 is 0 Å². The normalized spacial score (nSPS) is 10.6. The predicted octanol–water partition coefficient (Wildman–Crippen LogP) is 4.88. The quantitative estimate of drug-likeness (QED) is 0.432. The van der Waals surface area contributed by atoms with Crippen molar-refractivity contribution in [2.45, 2.75) is 41.2 Å². The number of methoxy groups -OCH3 is 1. The van der Waals surface area contributed by atoms with E-state index in [4.69, 9.17) is 0 Å². The van der Waals surface area contributed by atoms with E-state index in [0.717, 1.165) is 45.7 Å². The van der Waals surface area contributed by atoms with E-state index in [2.05, 4.69) is 47.6 Å². The van der Waals surface area contributed by atoms with Gasteiger partial charge in [0.25, 0.3) is 0 Å². The molecule has 1 N–H and O–H groups in total.